The number of benzene rings is 1. The minimum absolute atomic E-state index is 0.767. The Balaban J connectivity index is 2.63. The fourth-order valence-electron chi connectivity index (χ4n) is 1.76. The van der Waals surface area contributed by atoms with Gasteiger partial charge in [0.1, 0.15) is 6.54 Å². The van der Waals surface area contributed by atoms with Crippen LogP contribution in [-0.4, -0.2) is 14.2 Å². The van der Waals surface area contributed by atoms with Crippen LogP contribution in [0.1, 0.15) is 6.92 Å². The van der Waals surface area contributed by atoms with E-state index in [0.717, 1.165) is 28.8 Å². The number of hydrogen-bond donors (Lipinski definition) is 0. The topological polar surface area (TPSA) is 22.3 Å². The summed E-state index contributed by atoms with van der Waals surface area (Å²) in [5, 5.41) is 2.31. The number of rotatable bonds is 3. The van der Waals surface area contributed by atoms with E-state index in [1.165, 1.54) is 0 Å². The number of aryl methyl sites for hydroxylation is 1. The number of hydrogen-bond acceptors (Lipinski definition) is 2. The van der Waals surface area contributed by atoms with Crippen LogP contribution < -0.4 is 14.0 Å². The first-order valence-corrected chi connectivity index (χ1v) is 5.33. The molecule has 0 spiro atoms. The van der Waals surface area contributed by atoms with Crippen molar-refractivity contribution in [3.63, 3.8) is 0 Å². The molecule has 1 aromatic carbocycles. The summed E-state index contributed by atoms with van der Waals surface area (Å²) < 4.78 is 12.7. The van der Waals surface area contributed by atoms with Crippen LogP contribution in [-0.2, 0) is 6.54 Å². The van der Waals surface area contributed by atoms with Gasteiger partial charge in [-0.1, -0.05) is 0 Å². The van der Waals surface area contributed by atoms with Crippen molar-refractivity contribution in [2.75, 3.05) is 14.2 Å². The smallest absolute Gasteiger partial charge is 0.176 e. The van der Waals surface area contributed by atoms with Gasteiger partial charge in [-0.3, -0.25) is 0 Å². The van der Waals surface area contributed by atoms with E-state index < -0.39 is 0 Å². The van der Waals surface area contributed by atoms with Crippen LogP contribution in [0.15, 0.2) is 30.6 Å². The summed E-state index contributed by atoms with van der Waals surface area (Å²) in [4.78, 5) is 0. The maximum atomic E-state index is 5.28. The van der Waals surface area contributed by atoms with Gasteiger partial charge in [0.15, 0.2) is 23.9 Å². The minimum Gasteiger partial charge on any atom is -0.493 e. The predicted octanol–water partition coefficient (Wildman–Crippen LogP) is 2.16. The van der Waals surface area contributed by atoms with Gasteiger partial charge in [-0.2, -0.15) is 0 Å². The molecule has 1 heterocycles. The summed E-state index contributed by atoms with van der Waals surface area (Å²) in [6.45, 7) is 3.08. The third-order valence-corrected chi connectivity index (χ3v) is 2.70. The summed E-state index contributed by atoms with van der Waals surface area (Å²) in [7, 11) is 3.30. The Kier molecular flexibility index (Phi) is 2.95. The van der Waals surface area contributed by atoms with Gasteiger partial charge < -0.3 is 9.47 Å². The Morgan fingerprint density at radius 1 is 1.06 bits per heavy atom. The minimum atomic E-state index is 0.767. The number of fused-ring (bicyclic) bond motifs is 1. The molecule has 0 aliphatic heterocycles. The van der Waals surface area contributed by atoms with Crippen LogP contribution in [0.2, 0.25) is 0 Å². The molecular formula is C13H16NO2+. The lowest BCUT2D eigenvalue weighted by molar-refractivity contribution is -0.692. The number of methoxy groups -OCH3 is 2. The Morgan fingerprint density at radius 3 is 2.25 bits per heavy atom. The molecule has 3 heteroatoms. The average Bonchev–Trinajstić information content (AvgIpc) is 2.36. The fraction of sp³-hybridized carbons (Fsp3) is 0.308. The van der Waals surface area contributed by atoms with Crippen LogP contribution >= 0.6 is 0 Å². The molecule has 0 bridgehead atoms. The van der Waals surface area contributed by atoms with Crippen molar-refractivity contribution < 1.29 is 14.0 Å². The van der Waals surface area contributed by atoms with Crippen LogP contribution in [0.25, 0.3) is 10.8 Å². The zero-order valence-corrected chi connectivity index (χ0v) is 9.86. The molecule has 3 nitrogen and oxygen atoms in total. The largest absolute Gasteiger partial charge is 0.493 e. The Bertz CT molecular complexity index is 509. The van der Waals surface area contributed by atoms with Crippen molar-refractivity contribution in [3.05, 3.63) is 30.6 Å². The SMILES string of the molecule is CC[n+]1ccc2cc(OC)c(OC)cc2c1. The molecule has 1 aromatic heterocycles. The number of aromatic nitrogens is 1. The summed E-state index contributed by atoms with van der Waals surface area (Å²) in [5.41, 5.74) is 0. The van der Waals surface area contributed by atoms with Gasteiger partial charge in [0.2, 0.25) is 0 Å². The van der Waals surface area contributed by atoms with Crippen LogP contribution in [0.3, 0.4) is 0 Å². The fourth-order valence-corrected chi connectivity index (χ4v) is 1.76. The van der Waals surface area contributed by atoms with Gasteiger partial charge in [0, 0.05) is 11.5 Å². The second kappa shape index (κ2) is 4.39. The maximum absolute atomic E-state index is 5.28. The van der Waals surface area contributed by atoms with E-state index in [4.69, 9.17) is 9.47 Å². The van der Waals surface area contributed by atoms with E-state index in [-0.39, 0.29) is 0 Å². The van der Waals surface area contributed by atoms with Crippen molar-refractivity contribution >= 4 is 10.8 Å². The number of pyridine rings is 1. The molecule has 0 N–H and O–H groups in total. The molecule has 0 fully saturated rings. The quantitative estimate of drug-likeness (QED) is 0.737. The van der Waals surface area contributed by atoms with Gasteiger partial charge >= 0.3 is 0 Å². The van der Waals surface area contributed by atoms with Gasteiger partial charge in [0.05, 0.1) is 14.2 Å². The molecular weight excluding hydrogens is 202 g/mol. The second-order valence-electron chi connectivity index (χ2n) is 3.61. The van der Waals surface area contributed by atoms with Crippen molar-refractivity contribution in [3.8, 4) is 11.5 Å². The molecule has 0 amide bonds. The molecule has 0 radical (unpaired) electrons. The molecule has 0 atom stereocenters. The predicted molar refractivity (Wildman–Crippen MR) is 62.9 cm³/mol. The summed E-state index contributed by atoms with van der Waals surface area (Å²) in [6.07, 6.45) is 4.17. The molecule has 84 valence electrons. The Labute approximate surface area is 95.2 Å². The molecule has 0 saturated carbocycles. The first-order chi connectivity index (χ1) is 7.78. The van der Waals surface area contributed by atoms with E-state index in [1.807, 2.05) is 12.1 Å². The lowest BCUT2D eigenvalue weighted by atomic mass is 10.1. The van der Waals surface area contributed by atoms with Gasteiger partial charge in [-0.15, -0.1) is 0 Å². The molecule has 0 unspecified atom stereocenters. The molecule has 2 aromatic rings. The summed E-state index contributed by atoms with van der Waals surface area (Å²) >= 11 is 0. The maximum Gasteiger partial charge on any atom is 0.176 e. The second-order valence-corrected chi connectivity index (χ2v) is 3.61. The number of nitrogens with zero attached hydrogens (tertiary/aromatic N) is 1. The highest BCUT2D eigenvalue weighted by Gasteiger charge is 2.08. The Morgan fingerprint density at radius 2 is 1.69 bits per heavy atom. The summed E-state index contributed by atoms with van der Waals surface area (Å²) in [5.74, 6) is 1.54. The normalized spacial score (nSPS) is 10.4. The molecule has 0 aliphatic rings. The van der Waals surface area contributed by atoms with Crippen molar-refractivity contribution in [1.82, 2.24) is 0 Å². The van der Waals surface area contributed by atoms with E-state index >= 15 is 0 Å². The van der Waals surface area contributed by atoms with Gasteiger partial charge in [0.25, 0.3) is 0 Å². The number of ether oxygens (including phenoxy) is 2. The lowest BCUT2D eigenvalue weighted by Gasteiger charge is -2.08. The third kappa shape index (κ3) is 1.81. The van der Waals surface area contributed by atoms with Crippen LogP contribution in [0.4, 0.5) is 0 Å². The molecule has 0 aliphatic carbocycles. The van der Waals surface area contributed by atoms with Crippen LogP contribution in [0, 0.1) is 0 Å². The standard InChI is InChI=1S/C13H16NO2/c1-4-14-6-5-10-7-12(15-2)13(16-3)8-11(10)9-14/h5-9H,4H2,1-3H3/q+1. The highest BCUT2D eigenvalue weighted by molar-refractivity contribution is 5.84. The van der Waals surface area contributed by atoms with Crippen LogP contribution in [0.5, 0.6) is 11.5 Å². The first kappa shape index (κ1) is 10.7. The lowest BCUT2D eigenvalue weighted by Crippen LogP contribution is -2.30. The van der Waals surface area contributed by atoms with Crippen molar-refractivity contribution in [1.29, 1.82) is 0 Å². The zero-order valence-electron chi connectivity index (χ0n) is 9.86. The van der Waals surface area contributed by atoms with E-state index in [2.05, 4.69) is 30.0 Å². The molecule has 0 saturated heterocycles. The van der Waals surface area contributed by atoms with Crippen molar-refractivity contribution in [2.45, 2.75) is 13.5 Å². The van der Waals surface area contributed by atoms with E-state index in [9.17, 15) is 0 Å². The first-order valence-electron chi connectivity index (χ1n) is 5.33. The summed E-state index contributed by atoms with van der Waals surface area (Å²) in [6, 6.07) is 6.08. The van der Waals surface area contributed by atoms with E-state index in [0.29, 0.717) is 0 Å². The van der Waals surface area contributed by atoms with Crippen molar-refractivity contribution in [2.24, 2.45) is 0 Å². The molecule has 2 rings (SSSR count). The van der Waals surface area contributed by atoms with Gasteiger partial charge in [-0.25, -0.2) is 4.57 Å². The van der Waals surface area contributed by atoms with E-state index in [1.54, 1.807) is 14.2 Å². The highest BCUT2D eigenvalue weighted by atomic mass is 16.5. The Hall–Kier alpha value is -1.77. The highest BCUT2D eigenvalue weighted by Crippen LogP contribution is 2.31. The third-order valence-electron chi connectivity index (χ3n) is 2.70. The molecule has 16 heavy (non-hydrogen) atoms. The average molecular weight is 218 g/mol. The monoisotopic (exact) mass is 218 g/mol. The van der Waals surface area contributed by atoms with Gasteiger partial charge in [-0.05, 0) is 24.4 Å². The zero-order chi connectivity index (χ0) is 11.5.